The second-order valence-corrected chi connectivity index (χ2v) is 5.71. The second kappa shape index (κ2) is 6.20. The Labute approximate surface area is 115 Å². The quantitative estimate of drug-likeness (QED) is 0.908. The van der Waals surface area contributed by atoms with Crippen molar-refractivity contribution in [3.63, 3.8) is 0 Å². The van der Waals surface area contributed by atoms with Crippen LogP contribution in [0, 0.1) is 12.8 Å². The van der Waals surface area contributed by atoms with E-state index in [4.69, 9.17) is 5.73 Å². The third-order valence-corrected chi connectivity index (χ3v) is 4.10. The number of amides is 1. The van der Waals surface area contributed by atoms with E-state index in [1.54, 1.807) is 0 Å². The number of benzene rings is 1. The van der Waals surface area contributed by atoms with Crippen molar-refractivity contribution in [3.8, 4) is 0 Å². The van der Waals surface area contributed by atoms with E-state index in [2.05, 4.69) is 32.0 Å². The fraction of sp³-hybridized carbons (Fsp3) is 0.562. The van der Waals surface area contributed by atoms with Gasteiger partial charge in [0, 0.05) is 26.1 Å². The van der Waals surface area contributed by atoms with Crippen molar-refractivity contribution in [2.75, 3.05) is 6.54 Å². The second-order valence-electron chi connectivity index (χ2n) is 5.71. The predicted octanol–water partition coefficient (Wildman–Crippen LogP) is 2.60. The summed E-state index contributed by atoms with van der Waals surface area (Å²) in [5, 5.41) is 0. The van der Waals surface area contributed by atoms with Gasteiger partial charge >= 0.3 is 0 Å². The van der Waals surface area contributed by atoms with Crippen molar-refractivity contribution in [2.45, 2.75) is 46.2 Å². The lowest BCUT2D eigenvalue weighted by molar-refractivity contribution is -0.131. The summed E-state index contributed by atoms with van der Waals surface area (Å²) in [6.07, 6.45) is 2.84. The van der Waals surface area contributed by atoms with Crippen LogP contribution < -0.4 is 5.73 Å². The minimum Gasteiger partial charge on any atom is -0.338 e. The van der Waals surface area contributed by atoms with Gasteiger partial charge in [-0.2, -0.15) is 0 Å². The van der Waals surface area contributed by atoms with E-state index in [-0.39, 0.29) is 0 Å². The molecule has 0 aliphatic carbocycles. The molecule has 1 aromatic rings. The summed E-state index contributed by atoms with van der Waals surface area (Å²) >= 11 is 0. The highest BCUT2D eigenvalue weighted by Gasteiger charge is 2.20. The predicted molar refractivity (Wildman–Crippen MR) is 77.5 cm³/mol. The van der Waals surface area contributed by atoms with E-state index < -0.39 is 0 Å². The molecule has 1 saturated heterocycles. The Balaban J connectivity index is 2.09. The van der Waals surface area contributed by atoms with Crippen LogP contribution in [0.1, 0.15) is 42.9 Å². The van der Waals surface area contributed by atoms with Crippen molar-refractivity contribution in [3.05, 3.63) is 34.9 Å². The molecule has 104 valence electrons. The lowest BCUT2D eigenvalue weighted by Gasteiger charge is -2.22. The zero-order chi connectivity index (χ0) is 13.8. The summed E-state index contributed by atoms with van der Waals surface area (Å²) < 4.78 is 0. The molecule has 1 aliphatic rings. The molecule has 2 rings (SSSR count). The molecule has 3 heteroatoms. The number of hydrogen-bond donors (Lipinski definition) is 1. The van der Waals surface area contributed by atoms with Gasteiger partial charge in [0.25, 0.3) is 0 Å². The lowest BCUT2D eigenvalue weighted by Crippen LogP contribution is -2.30. The van der Waals surface area contributed by atoms with Crippen molar-refractivity contribution in [1.29, 1.82) is 0 Å². The minimum atomic E-state index is 0.298. The number of aryl methyl sites for hydroxylation is 1. The molecule has 1 fully saturated rings. The molecule has 0 bridgehead atoms. The molecule has 1 atom stereocenters. The number of rotatable bonds is 3. The van der Waals surface area contributed by atoms with E-state index in [9.17, 15) is 4.79 Å². The summed E-state index contributed by atoms with van der Waals surface area (Å²) in [5.41, 5.74) is 9.26. The summed E-state index contributed by atoms with van der Waals surface area (Å²) in [5.74, 6) is 0.960. The average Bonchev–Trinajstić information content (AvgIpc) is 2.56. The molecule has 1 amide bonds. The van der Waals surface area contributed by atoms with Gasteiger partial charge < -0.3 is 10.6 Å². The van der Waals surface area contributed by atoms with Crippen LogP contribution in [0.5, 0.6) is 0 Å². The molecule has 0 spiro atoms. The van der Waals surface area contributed by atoms with Crippen LogP contribution in [0.4, 0.5) is 0 Å². The van der Waals surface area contributed by atoms with Gasteiger partial charge in [0.2, 0.25) is 5.91 Å². The highest BCUT2D eigenvalue weighted by Crippen LogP contribution is 2.20. The number of carbonyl (C=O) groups is 1. The first-order chi connectivity index (χ1) is 9.10. The molecular weight excluding hydrogens is 236 g/mol. The zero-order valence-electron chi connectivity index (χ0n) is 12.0. The van der Waals surface area contributed by atoms with Crippen LogP contribution in [0.2, 0.25) is 0 Å². The maximum Gasteiger partial charge on any atom is 0.222 e. The highest BCUT2D eigenvalue weighted by atomic mass is 16.2. The van der Waals surface area contributed by atoms with E-state index in [0.29, 0.717) is 24.8 Å². The van der Waals surface area contributed by atoms with Crippen molar-refractivity contribution in [1.82, 2.24) is 4.90 Å². The standard InChI is InChI=1S/C16H24N2O/c1-12-3-6-16(19)18(8-7-12)11-15-5-4-14(10-17)9-13(15)2/h4-5,9,12H,3,6-8,10-11,17H2,1-2H3. The SMILES string of the molecule is Cc1cc(CN)ccc1CN1CCC(C)CCC1=O. The number of nitrogens with zero attached hydrogens (tertiary/aromatic N) is 1. The summed E-state index contributed by atoms with van der Waals surface area (Å²) in [6.45, 7) is 6.53. The first-order valence-corrected chi connectivity index (χ1v) is 7.16. The molecule has 0 radical (unpaired) electrons. The number of carbonyl (C=O) groups excluding carboxylic acids is 1. The molecule has 1 heterocycles. The summed E-state index contributed by atoms with van der Waals surface area (Å²) in [6, 6.07) is 6.30. The Bertz CT molecular complexity index is 456. The first kappa shape index (κ1) is 14.1. The highest BCUT2D eigenvalue weighted by molar-refractivity contribution is 5.76. The number of likely N-dealkylation sites (tertiary alicyclic amines) is 1. The van der Waals surface area contributed by atoms with Gasteiger partial charge in [-0.15, -0.1) is 0 Å². The molecule has 3 nitrogen and oxygen atoms in total. The van der Waals surface area contributed by atoms with E-state index in [1.807, 2.05) is 4.90 Å². The Morgan fingerprint density at radius 2 is 2.16 bits per heavy atom. The zero-order valence-corrected chi connectivity index (χ0v) is 12.0. The molecule has 0 saturated carbocycles. The van der Waals surface area contributed by atoms with Crippen LogP contribution in [-0.2, 0) is 17.9 Å². The van der Waals surface area contributed by atoms with Crippen LogP contribution in [-0.4, -0.2) is 17.4 Å². The fourth-order valence-corrected chi connectivity index (χ4v) is 2.61. The van der Waals surface area contributed by atoms with Crippen LogP contribution >= 0.6 is 0 Å². The van der Waals surface area contributed by atoms with Gasteiger partial charge in [-0.05, 0) is 42.4 Å². The Kier molecular flexibility index (Phi) is 4.59. The lowest BCUT2D eigenvalue weighted by atomic mass is 10.0. The molecule has 1 aromatic carbocycles. The third-order valence-electron chi connectivity index (χ3n) is 4.10. The van der Waals surface area contributed by atoms with Gasteiger partial charge in [-0.25, -0.2) is 0 Å². The molecule has 1 aliphatic heterocycles. The fourth-order valence-electron chi connectivity index (χ4n) is 2.61. The third kappa shape index (κ3) is 3.57. The molecule has 1 unspecified atom stereocenters. The van der Waals surface area contributed by atoms with E-state index in [0.717, 1.165) is 31.5 Å². The summed E-state index contributed by atoms with van der Waals surface area (Å²) in [7, 11) is 0. The van der Waals surface area contributed by atoms with Crippen molar-refractivity contribution >= 4 is 5.91 Å². The van der Waals surface area contributed by atoms with Crippen molar-refractivity contribution < 1.29 is 4.79 Å². The van der Waals surface area contributed by atoms with Crippen LogP contribution in [0.3, 0.4) is 0 Å². The molecule has 0 aromatic heterocycles. The maximum absolute atomic E-state index is 12.1. The molecule has 19 heavy (non-hydrogen) atoms. The average molecular weight is 260 g/mol. The van der Waals surface area contributed by atoms with Gasteiger partial charge in [0.05, 0.1) is 0 Å². The largest absolute Gasteiger partial charge is 0.338 e. The normalized spacial score (nSPS) is 20.5. The Morgan fingerprint density at radius 1 is 1.37 bits per heavy atom. The Hall–Kier alpha value is -1.35. The smallest absolute Gasteiger partial charge is 0.222 e. The molecular formula is C16H24N2O. The van der Waals surface area contributed by atoms with Crippen LogP contribution in [0.25, 0.3) is 0 Å². The molecule has 2 N–H and O–H groups in total. The first-order valence-electron chi connectivity index (χ1n) is 7.16. The van der Waals surface area contributed by atoms with Crippen molar-refractivity contribution in [2.24, 2.45) is 11.7 Å². The topological polar surface area (TPSA) is 46.3 Å². The van der Waals surface area contributed by atoms with Gasteiger partial charge in [-0.3, -0.25) is 4.79 Å². The Morgan fingerprint density at radius 3 is 2.84 bits per heavy atom. The number of nitrogens with two attached hydrogens (primary N) is 1. The maximum atomic E-state index is 12.1. The van der Waals surface area contributed by atoms with Gasteiger partial charge in [0.15, 0.2) is 0 Å². The van der Waals surface area contributed by atoms with E-state index in [1.165, 1.54) is 11.1 Å². The number of hydrogen-bond acceptors (Lipinski definition) is 2. The minimum absolute atomic E-state index is 0.298. The van der Waals surface area contributed by atoms with Crippen LogP contribution in [0.15, 0.2) is 18.2 Å². The van der Waals surface area contributed by atoms with E-state index >= 15 is 0 Å². The monoisotopic (exact) mass is 260 g/mol. The summed E-state index contributed by atoms with van der Waals surface area (Å²) in [4.78, 5) is 14.1. The van der Waals surface area contributed by atoms with Gasteiger partial charge in [-0.1, -0.05) is 25.1 Å². The van der Waals surface area contributed by atoms with Gasteiger partial charge in [0.1, 0.15) is 0 Å².